The van der Waals surface area contributed by atoms with Crippen molar-refractivity contribution >= 4 is 34.9 Å². The van der Waals surface area contributed by atoms with Crippen LogP contribution in [0.4, 0.5) is 16.2 Å². The Labute approximate surface area is 97.2 Å². The third kappa shape index (κ3) is 1.94. The van der Waals surface area contributed by atoms with Gasteiger partial charge >= 0.3 is 6.03 Å². The summed E-state index contributed by atoms with van der Waals surface area (Å²) >= 11 is 5.78. The highest BCUT2D eigenvalue weighted by molar-refractivity contribution is 6.33. The van der Waals surface area contributed by atoms with Crippen molar-refractivity contribution in [3.05, 3.63) is 23.2 Å². The summed E-state index contributed by atoms with van der Waals surface area (Å²) in [5, 5.41) is 2.68. The molecule has 0 aliphatic carbocycles. The van der Waals surface area contributed by atoms with Crippen molar-refractivity contribution < 1.29 is 9.59 Å². The molecule has 1 fully saturated rings. The first-order valence-corrected chi connectivity index (χ1v) is 5.12. The van der Waals surface area contributed by atoms with E-state index in [9.17, 15) is 9.59 Å². The lowest BCUT2D eigenvalue weighted by Gasteiger charge is -2.26. The number of nitrogens with two attached hydrogens (primary N) is 1. The molecule has 3 amide bonds. The number of hydrogen-bond acceptors (Lipinski definition) is 3. The second-order valence-electron chi connectivity index (χ2n) is 3.46. The fraction of sp³-hybridized carbons (Fsp3) is 0.200. The summed E-state index contributed by atoms with van der Waals surface area (Å²) in [5.41, 5.74) is 6.68. The second kappa shape index (κ2) is 4.02. The van der Waals surface area contributed by atoms with Gasteiger partial charge in [0.05, 0.1) is 10.7 Å². The van der Waals surface area contributed by atoms with E-state index in [0.717, 1.165) is 0 Å². The van der Waals surface area contributed by atoms with E-state index in [0.29, 0.717) is 22.9 Å². The van der Waals surface area contributed by atoms with Crippen molar-refractivity contribution in [2.24, 2.45) is 0 Å². The van der Waals surface area contributed by atoms with Crippen LogP contribution in [0.2, 0.25) is 5.02 Å². The van der Waals surface area contributed by atoms with Crippen LogP contribution in [0.3, 0.4) is 0 Å². The average molecular weight is 240 g/mol. The molecule has 0 radical (unpaired) electrons. The molecule has 2 rings (SSSR count). The molecule has 16 heavy (non-hydrogen) atoms. The molecule has 0 spiro atoms. The molecule has 1 saturated heterocycles. The van der Waals surface area contributed by atoms with Gasteiger partial charge in [-0.3, -0.25) is 15.0 Å². The molecule has 1 aliphatic rings. The van der Waals surface area contributed by atoms with E-state index in [1.54, 1.807) is 18.2 Å². The highest BCUT2D eigenvalue weighted by Crippen LogP contribution is 2.25. The zero-order valence-electron chi connectivity index (χ0n) is 8.37. The van der Waals surface area contributed by atoms with Crippen LogP contribution in [0.5, 0.6) is 0 Å². The lowest BCUT2D eigenvalue weighted by molar-refractivity contribution is -0.120. The molecular formula is C10H10ClN3O2. The molecule has 1 aliphatic heterocycles. The summed E-state index contributed by atoms with van der Waals surface area (Å²) in [6, 6.07) is 4.49. The van der Waals surface area contributed by atoms with Crippen LogP contribution in [0.25, 0.3) is 0 Å². The number of nitrogens with one attached hydrogen (secondary N) is 1. The molecule has 84 valence electrons. The highest BCUT2D eigenvalue weighted by atomic mass is 35.5. The Morgan fingerprint density at radius 2 is 2.12 bits per heavy atom. The van der Waals surface area contributed by atoms with Gasteiger partial charge < -0.3 is 5.73 Å². The zero-order chi connectivity index (χ0) is 11.7. The Balaban J connectivity index is 2.27. The maximum absolute atomic E-state index is 11.5. The largest absolute Gasteiger partial charge is 0.397 e. The smallest absolute Gasteiger partial charge is 0.328 e. The Bertz CT molecular complexity index is 461. The van der Waals surface area contributed by atoms with E-state index in [1.807, 2.05) is 0 Å². The van der Waals surface area contributed by atoms with E-state index >= 15 is 0 Å². The van der Waals surface area contributed by atoms with Gasteiger partial charge in [0.25, 0.3) is 0 Å². The van der Waals surface area contributed by atoms with Crippen LogP contribution in [0, 0.1) is 0 Å². The van der Waals surface area contributed by atoms with Gasteiger partial charge in [-0.15, -0.1) is 0 Å². The molecule has 3 N–H and O–H groups in total. The Kier molecular flexibility index (Phi) is 2.70. The minimum absolute atomic E-state index is 0.261. The first-order chi connectivity index (χ1) is 7.58. The van der Waals surface area contributed by atoms with E-state index in [2.05, 4.69) is 5.32 Å². The lowest BCUT2D eigenvalue weighted by Crippen LogP contribution is -2.49. The van der Waals surface area contributed by atoms with Crippen molar-refractivity contribution in [2.75, 3.05) is 17.2 Å². The second-order valence-corrected chi connectivity index (χ2v) is 3.87. The van der Waals surface area contributed by atoms with Crippen LogP contribution < -0.4 is 16.0 Å². The molecule has 0 aromatic heterocycles. The van der Waals surface area contributed by atoms with E-state index in [1.165, 1.54) is 4.90 Å². The predicted octanol–water partition coefficient (Wildman–Crippen LogP) is 1.37. The number of carbonyl (C=O) groups is 2. The molecule has 0 saturated carbocycles. The molecule has 1 aromatic carbocycles. The molecular weight excluding hydrogens is 230 g/mol. The van der Waals surface area contributed by atoms with Crippen LogP contribution in [0.15, 0.2) is 18.2 Å². The SMILES string of the molecule is Nc1cc(N2CCC(=O)NC2=O)ccc1Cl. The third-order valence-electron chi connectivity index (χ3n) is 2.35. The van der Waals surface area contributed by atoms with Crippen molar-refractivity contribution in [1.29, 1.82) is 0 Å². The van der Waals surface area contributed by atoms with Gasteiger partial charge in [-0.05, 0) is 18.2 Å². The number of nitrogens with zero attached hydrogens (tertiary/aromatic N) is 1. The van der Waals surface area contributed by atoms with Gasteiger partial charge in [0, 0.05) is 18.7 Å². The molecule has 0 unspecified atom stereocenters. The van der Waals surface area contributed by atoms with Gasteiger partial charge in [-0.25, -0.2) is 4.79 Å². The van der Waals surface area contributed by atoms with Gasteiger partial charge in [-0.2, -0.15) is 0 Å². The number of anilines is 2. The number of urea groups is 1. The zero-order valence-corrected chi connectivity index (χ0v) is 9.12. The standard InChI is InChI=1S/C10H10ClN3O2/c11-7-2-1-6(5-8(7)12)14-4-3-9(15)13-10(14)16/h1-2,5H,3-4,12H2,(H,13,15,16). The summed E-state index contributed by atoms with van der Waals surface area (Å²) < 4.78 is 0. The molecule has 1 heterocycles. The fourth-order valence-corrected chi connectivity index (χ4v) is 1.63. The topological polar surface area (TPSA) is 75.4 Å². The molecule has 6 heteroatoms. The molecule has 0 atom stereocenters. The lowest BCUT2D eigenvalue weighted by atomic mass is 10.2. The monoisotopic (exact) mass is 239 g/mol. The number of amides is 3. The van der Waals surface area contributed by atoms with E-state index in [4.69, 9.17) is 17.3 Å². The summed E-state index contributed by atoms with van der Waals surface area (Å²) in [5.74, 6) is -0.261. The van der Waals surface area contributed by atoms with Crippen molar-refractivity contribution in [3.63, 3.8) is 0 Å². The number of carbonyl (C=O) groups excluding carboxylic acids is 2. The minimum atomic E-state index is -0.432. The maximum Gasteiger partial charge on any atom is 0.328 e. The third-order valence-corrected chi connectivity index (χ3v) is 2.69. The highest BCUT2D eigenvalue weighted by Gasteiger charge is 2.24. The van der Waals surface area contributed by atoms with Crippen molar-refractivity contribution in [1.82, 2.24) is 5.32 Å². The minimum Gasteiger partial charge on any atom is -0.397 e. The molecule has 5 nitrogen and oxygen atoms in total. The normalized spacial score (nSPS) is 16.2. The van der Waals surface area contributed by atoms with E-state index < -0.39 is 6.03 Å². The van der Waals surface area contributed by atoms with Crippen molar-refractivity contribution in [3.8, 4) is 0 Å². The maximum atomic E-state index is 11.5. The molecule has 0 bridgehead atoms. The van der Waals surface area contributed by atoms with Crippen LogP contribution in [-0.4, -0.2) is 18.5 Å². The Hall–Kier alpha value is -1.75. The average Bonchev–Trinajstić information content (AvgIpc) is 2.22. The Morgan fingerprint density at radius 1 is 1.38 bits per heavy atom. The summed E-state index contributed by atoms with van der Waals surface area (Å²) in [4.78, 5) is 23.9. The van der Waals surface area contributed by atoms with Gasteiger partial charge in [0.2, 0.25) is 5.91 Å². The number of rotatable bonds is 1. The number of imide groups is 1. The van der Waals surface area contributed by atoms with Crippen molar-refractivity contribution in [2.45, 2.75) is 6.42 Å². The van der Waals surface area contributed by atoms with Crippen LogP contribution >= 0.6 is 11.6 Å². The summed E-state index contributed by atoms with van der Waals surface area (Å²) in [6.45, 7) is 0.353. The predicted molar refractivity (Wildman–Crippen MR) is 61.4 cm³/mol. The number of halogens is 1. The first kappa shape index (κ1) is 10.8. The quantitative estimate of drug-likeness (QED) is 0.727. The first-order valence-electron chi connectivity index (χ1n) is 4.74. The number of hydrogen-bond donors (Lipinski definition) is 2. The summed E-state index contributed by atoms with van der Waals surface area (Å²) in [7, 11) is 0. The number of benzene rings is 1. The fourth-order valence-electron chi connectivity index (χ4n) is 1.51. The van der Waals surface area contributed by atoms with Gasteiger partial charge in [0.1, 0.15) is 0 Å². The summed E-state index contributed by atoms with van der Waals surface area (Å²) in [6.07, 6.45) is 0.286. The number of nitrogen functional groups attached to an aromatic ring is 1. The van der Waals surface area contributed by atoms with Gasteiger partial charge in [0.15, 0.2) is 0 Å². The molecule has 1 aromatic rings. The van der Waals surface area contributed by atoms with E-state index in [-0.39, 0.29) is 12.3 Å². The van der Waals surface area contributed by atoms with Gasteiger partial charge in [-0.1, -0.05) is 11.6 Å². The van der Waals surface area contributed by atoms with Crippen LogP contribution in [-0.2, 0) is 4.79 Å². The van der Waals surface area contributed by atoms with Crippen LogP contribution in [0.1, 0.15) is 6.42 Å². The Morgan fingerprint density at radius 3 is 2.75 bits per heavy atom.